The van der Waals surface area contributed by atoms with Crippen LogP contribution in [-0.2, 0) is 0 Å². The molecule has 0 radical (unpaired) electrons. The first-order valence-electron chi connectivity index (χ1n) is 7.99. The van der Waals surface area contributed by atoms with Gasteiger partial charge in [-0.15, -0.1) is 0 Å². The highest BCUT2D eigenvalue weighted by Crippen LogP contribution is 2.40. The number of azide groups is 1. The summed E-state index contributed by atoms with van der Waals surface area (Å²) in [6.45, 7) is 0. The van der Waals surface area contributed by atoms with Gasteiger partial charge in [0.15, 0.2) is 0 Å². The predicted molar refractivity (Wildman–Crippen MR) is 105 cm³/mol. The average molecular weight is 338 g/mol. The van der Waals surface area contributed by atoms with Crippen molar-refractivity contribution in [2.75, 3.05) is 0 Å². The fraction of sp³-hybridized carbons (Fsp3) is 0. The molecule has 0 amide bonds. The molecule has 0 aliphatic rings. The molecule has 1 heterocycles. The second-order valence-electron chi connectivity index (χ2n) is 5.88. The summed E-state index contributed by atoms with van der Waals surface area (Å²) in [5.41, 5.74) is 18.3. The van der Waals surface area contributed by atoms with E-state index in [1.54, 1.807) is 12.1 Å². The molecule has 0 unspecified atom stereocenters. The van der Waals surface area contributed by atoms with Gasteiger partial charge in [-0.25, -0.2) is 0 Å². The van der Waals surface area contributed by atoms with Crippen molar-refractivity contribution >= 4 is 33.2 Å². The summed E-state index contributed by atoms with van der Waals surface area (Å²) in [6.07, 6.45) is 1.82. The number of rotatable bonds is 3. The molecule has 6 nitrogen and oxygen atoms in total. The number of nitrogens with one attached hydrogen (secondary N) is 1. The van der Waals surface area contributed by atoms with Crippen LogP contribution in [0.4, 0.5) is 5.69 Å². The maximum atomic E-state index is 9.13. The molecule has 0 spiro atoms. The van der Waals surface area contributed by atoms with Gasteiger partial charge in [0.05, 0.1) is 11.2 Å². The summed E-state index contributed by atoms with van der Waals surface area (Å²) in [4.78, 5) is 7.53. The van der Waals surface area contributed by atoms with E-state index in [9.17, 15) is 0 Å². The normalized spacial score (nSPS) is 10.6. The Bertz CT molecular complexity index is 1200. The molecule has 0 saturated carbocycles. The minimum Gasteiger partial charge on any atom is -0.384 e. The summed E-state index contributed by atoms with van der Waals surface area (Å²) in [5, 5.41) is 14.3. The van der Waals surface area contributed by atoms with Gasteiger partial charge in [-0.1, -0.05) is 59.7 Å². The van der Waals surface area contributed by atoms with E-state index in [1.807, 2.05) is 54.7 Å². The number of benzene rings is 3. The number of amidine groups is 1. The Hall–Kier alpha value is -3.89. The largest absolute Gasteiger partial charge is 0.384 e. The molecule has 3 N–H and O–H groups in total. The van der Waals surface area contributed by atoms with Crippen molar-refractivity contribution in [1.82, 2.24) is 4.98 Å². The molecule has 3 aromatic carbocycles. The van der Waals surface area contributed by atoms with Gasteiger partial charge in [-0.2, -0.15) is 0 Å². The van der Waals surface area contributed by atoms with Crippen molar-refractivity contribution < 1.29 is 0 Å². The molecule has 0 aliphatic heterocycles. The number of nitrogens with zero attached hydrogens (tertiary/aromatic N) is 4. The van der Waals surface area contributed by atoms with Crippen LogP contribution in [0.2, 0.25) is 0 Å². The third-order valence-electron chi connectivity index (χ3n) is 4.38. The van der Waals surface area contributed by atoms with Gasteiger partial charge in [0.1, 0.15) is 5.84 Å². The maximum Gasteiger partial charge on any atom is 0.122 e. The Morgan fingerprint density at radius 1 is 1.04 bits per heavy atom. The molecular weight excluding hydrogens is 324 g/mol. The van der Waals surface area contributed by atoms with E-state index in [0.717, 1.165) is 32.8 Å². The fourth-order valence-electron chi connectivity index (χ4n) is 3.14. The first kappa shape index (κ1) is 15.6. The van der Waals surface area contributed by atoms with Gasteiger partial charge in [0.2, 0.25) is 0 Å². The Balaban J connectivity index is 2.06. The third kappa shape index (κ3) is 2.51. The molecule has 0 aliphatic carbocycles. The van der Waals surface area contributed by atoms with Gasteiger partial charge >= 0.3 is 0 Å². The van der Waals surface area contributed by atoms with Gasteiger partial charge in [0.25, 0.3) is 0 Å². The minimum atomic E-state index is 0.0144. The lowest BCUT2D eigenvalue weighted by atomic mass is 9.97. The molecule has 6 heteroatoms. The van der Waals surface area contributed by atoms with Crippen LogP contribution in [0.25, 0.3) is 43.2 Å². The zero-order chi connectivity index (χ0) is 18.1. The molecular formula is C20H14N6. The fourth-order valence-corrected chi connectivity index (χ4v) is 3.14. The van der Waals surface area contributed by atoms with E-state index in [1.165, 1.54) is 0 Å². The van der Waals surface area contributed by atoms with E-state index in [2.05, 4.69) is 15.0 Å². The highest BCUT2D eigenvalue weighted by Gasteiger charge is 2.12. The minimum absolute atomic E-state index is 0.0144. The van der Waals surface area contributed by atoms with Crippen LogP contribution in [-0.4, -0.2) is 10.8 Å². The zero-order valence-electron chi connectivity index (χ0n) is 13.7. The van der Waals surface area contributed by atoms with Crippen LogP contribution in [0.5, 0.6) is 0 Å². The van der Waals surface area contributed by atoms with Crippen LogP contribution >= 0.6 is 0 Å². The number of aromatic nitrogens is 1. The molecule has 124 valence electrons. The van der Waals surface area contributed by atoms with Crippen LogP contribution in [0.15, 0.2) is 72.0 Å². The van der Waals surface area contributed by atoms with E-state index >= 15 is 0 Å². The second kappa shape index (κ2) is 6.20. The molecule has 26 heavy (non-hydrogen) atoms. The first-order chi connectivity index (χ1) is 12.7. The van der Waals surface area contributed by atoms with E-state index in [-0.39, 0.29) is 5.84 Å². The topological polar surface area (TPSA) is 112 Å². The SMILES string of the molecule is [N-]=[N+]=Nc1c(-c2ccc(C(=N)N)cc2)ccc2ncc3ccccc3c12. The number of nitrogens with two attached hydrogens (primary N) is 1. The number of pyridine rings is 1. The second-order valence-corrected chi connectivity index (χ2v) is 5.88. The summed E-state index contributed by atoms with van der Waals surface area (Å²) in [7, 11) is 0. The van der Waals surface area contributed by atoms with Gasteiger partial charge in [-0.05, 0) is 28.1 Å². The van der Waals surface area contributed by atoms with Crippen LogP contribution in [0.1, 0.15) is 5.56 Å². The lowest BCUT2D eigenvalue weighted by Gasteiger charge is -2.12. The Labute approximate surface area is 149 Å². The monoisotopic (exact) mass is 338 g/mol. The highest BCUT2D eigenvalue weighted by atomic mass is 15.1. The standard InChI is InChI=1S/C20H14N6/c21-20(22)13-7-5-12(6-8-13)16-9-10-17-18(19(16)25-26-23)15-4-2-1-3-14(15)11-24-17/h1-11H,(H3,21,22). The molecule has 0 saturated heterocycles. The number of fused-ring (bicyclic) bond motifs is 3. The lowest BCUT2D eigenvalue weighted by Crippen LogP contribution is -2.10. The average Bonchev–Trinajstić information content (AvgIpc) is 2.68. The van der Waals surface area contributed by atoms with E-state index in [4.69, 9.17) is 16.7 Å². The maximum absolute atomic E-state index is 9.13. The van der Waals surface area contributed by atoms with Gasteiger partial charge < -0.3 is 5.73 Å². The predicted octanol–water partition coefficient (Wildman–Crippen LogP) is 5.28. The number of nitrogen functional groups attached to an aromatic ring is 1. The first-order valence-corrected chi connectivity index (χ1v) is 7.99. The quantitative estimate of drug-likeness (QED) is 0.132. The Morgan fingerprint density at radius 2 is 1.81 bits per heavy atom. The van der Waals surface area contributed by atoms with Crippen LogP contribution < -0.4 is 5.73 Å². The van der Waals surface area contributed by atoms with E-state index < -0.39 is 0 Å². The highest BCUT2D eigenvalue weighted by molar-refractivity contribution is 6.14. The smallest absolute Gasteiger partial charge is 0.122 e. The van der Waals surface area contributed by atoms with Crippen molar-refractivity contribution in [3.05, 3.63) is 82.9 Å². The summed E-state index contributed by atoms with van der Waals surface area (Å²) < 4.78 is 0. The molecule has 4 rings (SSSR count). The number of hydrogen-bond acceptors (Lipinski definition) is 3. The molecule has 4 aromatic rings. The van der Waals surface area contributed by atoms with Crippen molar-refractivity contribution in [1.29, 1.82) is 5.41 Å². The van der Waals surface area contributed by atoms with Gasteiger partial charge in [-0.3, -0.25) is 10.4 Å². The van der Waals surface area contributed by atoms with Crippen LogP contribution in [0, 0.1) is 5.41 Å². The Kier molecular flexibility index (Phi) is 3.73. The lowest BCUT2D eigenvalue weighted by molar-refractivity contribution is 1.41. The molecule has 0 atom stereocenters. The van der Waals surface area contributed by atoms with Gasteiger partial charge in [0, 0.05) is 27.4 Å². The molecule has 1 aromatic heterocycles. The summed E-state index contributed by atoms with van der Waals surface area (Å²) in [5.74, 6) is 0.0144. The summed E-state index contributed by atoms with van der Waals surface area (Å²) in [6, 6.07) is 19.0. The zero-order valence-corrected chi connectivity index (χ0v) is 13.7. The Morgan fingerprint density at radius 3 is 2.54 bits per heavy atom. The van der Waals surface area contributed by atoms with Crippen molar-refractivity contribution in [3.63, 3.8) is 0 Å². The molecule has 0 fully saturated rings. The molecule has 0 bridgehead atoms. The van der Waals surface area contributed by atoms with E-state index in [0.29, 0.717) is 11.3 Å². The number of hydrogen-bond donors (Lipinski definition) is 2. The van der Waals surface area contributed by atoms with Crippen molar-refractivity contribution in [3.8, 4) is 11.1 Å². The van der Waals surface area contributed by atoms with Crippen molar-refractivity contribution in [2.45, 2.75) is 0 Å². The van der Waals surface area contributed by atoms with Crippen LogP contribution in [0.3, 0.4) is 0 Å². The summed E-state index contributed by atoms with van der Waals surface area (Å²) >= 11 is 0. The third-order valence-corrected chi connectivity index (χ3v) is 4.38. The van der Waals surface area contributed by atoms with Crippen molar-refractivity contribution in [2.24, 2.45) is 10.8 Å².